The van der Waals surface area contributed by atoms with Crippen molar-refractivity contribution in [2.24, 2.45) is 0 Å². The molecule has 0 aliphatic heterocycles. The zero-order valence-electron chi connectivity index (χ0n) is 19.2. The van der Waals surface area contributed by atoms with Gasteiger partial charge in [-0.2, -0.15) is 0 Å². The van der Waals surface area contributed by atoms with Crippen LogP contribution in [0.25, 0.3) is 17.0 Å². The highest BCUT2D eigenvalue weighted by Gasteiger charge is 2.11. The Morgan fingerprint density at radius 1 is 0.971 bits per heavy atom. The third-order valence-corrected chi connectivity index (χ3v) is 5.40. The number of rotatable bonds is 11. The molecule has 1 atom stereocenters. The molecule has 4 aromatic rings. The summed E-state index contributed by atoms with van der Waals surface area (Å²) in [7, 11) is 1.64. The highest BCUT2D eigenvalue weighted by molar-refractivity contribution is 5.68. The SMILES string of the molecule is COCCOc1ccc(-c2nc3ccc(COc4ccc(C(C)CC(=O)O)cc4)cn3n2)cc1. The quantitative estimate of drug-likeness (QED) is 0.327. The van der Waals surface area contributed by atoms with Gasteiger partial charge in [-0.05, 0) is 53.9 Å². The molecule has 0 aliphatic rings. The summed E-state index contributed by atoms with van der Waals surface area (Å²) in [5, 5.41) is 13.6. The second-order valence-corrected chi connectivity index (χ2v) is 8.00. The molecule has 34 heavy (non-hydrogen) atoms. The minimum atomic E-state index is -0.802. The fraction of sp³-hybridized carbons (Fsp3) is 0.269. The molecule has 0 amide bonds. The number of hydrogen-bond acceptors (Lipinski definition) is 6. The summed E-state index contributed by atoms with van der Waals surface area (Å²) < 4.78 is 18.2. The van der Waals surface area contributed by atoms with Gasteiger partial charge in [-0.25, -0.2) is 9.50 Å². The molecule has 2 heterocycles. The summed E-state index contributed by atoms with van der Waals surface area (Å²) in [6, 6.07) is 19.1. The standard InChI is InChI=1S/C26H27N3O5/c1-18(15-25(30)31)20-4-8-23(9-5-20)34-17-19-3-12-24-27-26(28-29(24)16-19)21-6-10-22(11-7-21)33-14-13-32-2/h3-12,16,18H,13-15,17H2,1-2H3,(H,30,31). The van der Waals surface area contributed by atoms with Gasteiger partial charge < -0.3 is 19.3 Å². The van der Waals surface area contributed by atoms with Crippen LogP contribution in [0.4, 0.5) is 0 Å². The van der Waals surface area contributed by atoms with Gasteiger partial charge in [0, 0.05) is 24.4 Å². The third-order valence-electron chi connectivity index (χ3n) is 5.40. The van der Waals surface area contributed by atoms with Gasteiger partial charge in [-0.3, -0.25) is 4.79 Å². The third kappa shape index (κ3) is 5.90. The maximum atomic E-state index is 10.9. The lowest BCUT2D eigenvalue weighted by Gasteiger charge is -2.11. The van der Waals surface area contributed by atoms with E-state index in [1.807, 2.05) is 73.8 Å². The van der Waals surface area contributed by atoms with Gasteiger partial charge >= 0.3 is 5.97 Å². The van der Waals surface area contributed by atoms with Crippen LogP contribution in [0.15, 0.2) is 66.9 Å². The first-order valence-electron chi connectivity index (χ1n) is 11.0. The topological polar surface area (TPSA) is 95.2 Å². The summed E-state index contributed by atoms with van der Waals surface area (Å²) in [6.45, 7) is 3.32. The summed E-state index contributed by atoms with van der Waals surface area (Å²) in [5.41, 5.74) is 3.57. The van der Waals surface area contributed by atoms with Crippen molar-refractivity contribution in [3.05, 3.63) is 78.0 Å². The van der Waals surface area contributed by atoms with Crippen molar-refractivity contribution < 1.29 is 24.1 Å². The van der Waals surface area contributed by atoms with Gasteiger partial charge in [0.25, 0.3) is 0 Å². The molecule has 1 N–H and O–H groups in total. The molecule has 0 radical (unpaired) electrons. The number of hydrogen-bond donors (Lipinski definition) is 1. The van der Waals surface area contributed by atoms with Crippen LogP contribution >= 0.6 is 0 Å². The van der Waals surface area contributed by atoms with Crippen LogP contribution in [0.3, 0.4) is 0 Å². The monoisotopic (exact) mass is 461 g/mol. The normalized spacial score (nSPS) is 11.9. The minimum absolute atomic E-state index is 0.0464. The molecular weight excluding hydrogens is 434 g/mol. The smallest absolute Gasteiger partial charge is 0.303 e. The molecule has 0 saturated carbocycles. The molecule has 176 valence electrons. The van der Waals surface area contributed by atoms with Crippen molar-refractivity contribution in [1.29, 1.82) is 0 Å². The number of benzene rings is 2. The van der Waals surface area contributed by atoms with Crippen LogP contribution in [0.1, 0.15) is 30.4 Å². The summed E-state index contributed by atoms with van der Waals surface area (Å²) in [6.07, 6.45) is 2.00. The van der Waals surface area contributed by atoms with Crippen molar-refractivity contribution >= 4 is 11.6 Å². The van der Waals surface area contributed by atoms with Crippen molar-refractivity contribution in [3.63, 3.8) is 0 Å². The van der Waals surface area contributed by atoms with Gasteiger partial charge in [-0.1, -0.05) is 25.1 Å². The average Bonchev–Trinajstić information content (AvgIpc) is 3.27. The van der Waals surface area contributed by atoms with E-state index in [1.165, 1.54) is 0 Å². The van der Waals surface area contributed by atoms with E-state index in [1.54, 1.807) is 11.6 Å². The number of carbonyl (C=O) groups is 1. The number of carboxylic acids is 1. The number of aliphatic carboxylic acids is 1. The molecule has 0 bridgehead atoms. The lowest BCUT2D eigenvalue weighted by molar-refractivity contribution is -0.137. The van der Waals surface area contributed by atoms with Crippen LogP contribution in [0.5, 0.6) is 11.5 Å². The lowest BCUT2D eigenvalue weighted by atomic mass is 9.98. The largest absolute Gasteiger partial charge is 0.491 e. The Bertz CT molecular complexity index is 1240. The van der Waals surface area contributed by atoms with Crippen molar-refractivity contribution in [1.82, 2.24) is 14.6 Å². The molecule has 2 aromatic carbocycles. The molecule has 4 rings (SSSR count). The average molecular weight is 462 g/mol. The van der Waals surface area contributed by atoms with Gasteiger partial charge in [-0.15, -0.1) is 5.10 Å². The Kier molecular flexibility index (Phi) is 7.39. The molecule has 0 saturated heterocycles. The van der Waals surface area contributed by atoms with E-state index in [-0.39, 0.29) is 12.3 Å². The maximum absolute atomic E-state index is 10.9. The second kappa shape index (κ2) is 10.8. The summed E-state index contributed by atoms with van der Waals surface area (Å²) in [5.74, 6) is 1.28. The van der Waals surface area contributed by atoms with E-state index in [2.05, 4.69) is 10.1 Å². The Labute approximate surface area is 197 Å². The number of pyridine rings is 1. The minimum Gasteiger partial charge on any atom is -0.491 e. The lowest BCUT2D eigenvalue weighted by Crippen LogP contribution is -2.03. The highest BCUT2D eigenvalue weighted by Crippen LogP contribution is 2.23. The fourth-order valence-electron chi connectivity index (χ4n) is 3.52. The Morgan fingerprint density at radius 2 is 1.68 bits per heavy atom. The Hall–Kier alpha value is -3.91. The molecule has 0 spiro atoms. The van der Waals surface area contributed by atoms with E-state index in [0.29, 0.717) is 25.6 Å². The van der Waals surface area contributed by atoms with Crippen molar-refractivity contribution in [2.45, 2.75) is 25.9 Å². The number of fused-ring (bicyclic) bond motifs is 1. The van der Waals surface area contributed by atoms with Crippen LogP contribution in [0.2, 0.25) is 0 Å². The highest BCUT2D eigenvalue weighted by atomic mass is 16.5. The first-order chi connectivity index (χ1) is 16.5. The van der Waals surface area contributed by atoms with Gasteiger partial charge in [0.05, 0.1) is 13.0 Å². The van der Waals surface area contributed by atoms with Gasteiger partial charge in [0.1, 0.15) is 24.7 Å². The first kappa shape index (κ1) is 23.3. The molecule has 0 fully saturated rings. The van der Waals surface area contributed by atoms with E-state index >= 15 is 0 Å². The molecule has 0 aliphatic carbocycles. The number of aromatic nitrogens is 3. The molecule has 8 heteroatoms. The zero-order chi connectivity index (χ0) is 23.9. The predicted molar refractivity (Wildman–Crippen MR) is 127 cm³/mol. The number of ether oxygens (including phenoxy) is 3. The molecule has 8 nitrogen and oxygen atoms in total. The fourth-order valence-corrected chi connectivity index (χ4v) is 3.52. The van der Waals surface area contributed by atoms with Gasteiger partial charge in [0.15, 0.2) is 11.5 Å². The van der Waals surface area contributed by atoms with Crippen LogP contribution < -0.4 is 9.47 Å². The van der Waals surface area contributed by atoms with E-state index in [4.69, 9.17) is 19.3 Å². The first-order valence-corrected chi connectivity index (χ1v) is 11.0. The van der Waals surface area contributed by atoms with Crippen LogP contribution in [-0.4, -0.2) is 46.0 Å². The zero-order valence-corrected chi connectivity index (χ0v) is 19.2. The Morgan fingerprint density at radius 3 is 2.38 bits per heavy atom. The molecular formula is C26H27N3O5. The second-order valence-electron chi connectivity index (χ2n) is 8.00. The van der Waals surface area contributed by atoms with Crippen molar-refractivity contribution in [2.75, 3.05) is 20.3 Å². The summed E-state index contributed by atoms with van der Waals surface area (Å²) in [4.78, 5) is 15.5. The number of methoxy groups -OCH3 is 1. The summed E-state index contributed by atoms with van der Waals surface area (Å²) >= 11 is 0. The number of nitrogens with zero attached hydrogens (tertiary/aromatic N) is 3. The van der Waals surface area contributed by atoms with Crippen LogP contribution in [-0.2, 0) is 16.1 Å². The Balaban J connectivity index is 1.39. The molecule has 2 aromatic heterocycles. The van der Waals surface area contributed by atoms with E-state index in [0.717, 1.165) is 33.8 Å². The van der Waals surface area contributed by atoms with Crippen molar-refractivity contribution in [3.8, 4) is 22.9 Å². The number of carboxylic acid groups (broad SMARTS) is 1. The maximum Gasteiger partial charge on any atom is 0.303 e. The van der Waals surface area contributed by atoms with Gasteiger partial charge in [0.2, 0.25) is 0 Å². The molecule has 1 unspecified atom stereocenters. The van der Waals surface area contributed by atoms with E-state index < -0.39 is 5.97 Å². The van der Waals surface area contributed by atoms with Crippen LogP contribution in [0, 0.1) is 0 Å². The van der Waals surface area contributed by atoms with E-state index in [9.17, 15) is 4.79 Å². The predicted octanol–water partition coefficient (Wildman–Crippen LogP) is 4.58.